The summed E-state index contributed by atoms with van der Waals surface area (Å²) in [4.78, 5) is 24.7. The van der Waals surface area contributed by atoms with Crippen LogP contribution < -0.4 is 11.1 Å². The van der Waals surface area contributed by atoms with Crippen molar-refractivity contribution in [2.24, 2.45) is 0 Å². The molecule has 3 heterocycles. The molecule has 20 nitrogen and oxygen atoms in total. The molecule has 1 aromatic heterocycles. The van der Waals surface area contributed by atoms with Gasteiger partial charge in [-0.15, -0.1) is 5.10 Å². The minimum absolute atomic E-state index is 0.0327. The number of carbonyl (C=O) groups excluding carboxylic acids is 1. The Balaban J connectivity index is 1.11. The third-order valence-corrected chi connectivity index (χ3v) is 7.86. The first-order valence-electron chi connectivity index (χ1n) is 15.8. The molecule has 1 amide bonds. The number of nitrogens with zero attached hydrogens (tertiary/aromatic N) is 3. The van der Waals surface area contributed by atoms with Crippen LogP contribution in [0.5, 0.6) is 0 Å². The van der Waals surface area contributed by atoms with E-state index >= 15 is 0 Å². The van der Waals surface area contributed by atoms with Crippen molar-refractivity contribution in [1.29, 1.82) is 0 Å². The highest BCUT2D eigenvalue weighted by Crippen LogP contribution is 2.30. The second-order valence-corrected chi connectivity index (χ2v) is 11.3. The zero-order chi connectivity index (χ0) is 36.2. The van der Waals surface area contributed by atoms with Gasteiger partial charge in [-0.05, 0) is 12.1 Å². The number of aromatic nitrogens is 3. The number of benzene rings is 1. The predicted octanol–water partition coefficient (Wildman–Crippen LogP) is -3.28. The van der Waals surface area contributed by atoms with Gasteiger partial charge in [0.1, 0.15) is 42.3 Å². The van der Waals surface area contributed by atoms with Gasteiger partial charge in [0.25, 0.3) is 5.91 Å². The Bertz CT molecular complexity index is 1350. The lowest BCUT2D eigenvalue weighted by Crippen LogP contribution is -2.66. The number of anilines is 1. The van der Waals surface area contributed by atoms with Gasteiger partial charge in [0.2, 0.25) is 0 Å². The zero-order valence-electron chi connectivity index (χ0n) is 27.6. The summed E-state index contributed by atoms with van der Waals surface area (Å²) in [6.45, 7) is 2.26. The highest BCUT2D eigenvalue weighted by atomic mass is 16.7. The zero-order valence-corrected chi connectivity index (χ0v) is 27.6. The Kier molecular flexibility index (Phi) is 15.2. The van der Waals surface area contributed by atoms with Crippen molar-refractivity contribution in [2.45, 2.75) is 68.0 Å². The number of aliphatic hydroxyl groups is 4. The van der Waals surface area contributed by atoms with Gasteiger partial charge in [0, 0.05) is 32.0 Å². The number of carbonyl (C=O) groups is 2. The molecule has 0 radical (unpaired) electrons. The standard InChI is InChI=1S/C30H45N5O15/c1-43-23-19(36)22(39)30(48-24-20(37)21(38)29(44-2)50-26(24)28(41)42)49-25(23)27(40)32-6-8-45-10-12-47-13-11-46-9-7-35-15-18(33-34-35)16-4-3-5-17(31)14-16/h3-5,14-15,19-26,29-30,36-39H,6-13,31H2,1-2H3,(H,32,40)(H,41,42). The minimum atomic E-state index is -1.86. The van der Waals surface area contributed by atoms with Crippen LogP contribution in [0.2, 0.25) is 0 Å². The second-order valence-electron chi connectivity index (χ2n) is 11.3. The van der Waals surface area contributed by atoms with E-state index in [0.29, 0.717) is 37.7 Å². The van der Waals surface area contributed by atoms with Crippen molar-refractivity contribution in [2.75, 3.05) is 66.1 Å². The first kappa shape index (κ1) is 39.4. The topological polar surface area (TPSA) is 278 Å². The lowest BCUT2D eigenvalue weighted by molar-refractivity contribution is -0.348. The third kappa shape index (κ3) is 10.3. The number of nitrogens with one attached hydrogen (secondary N) is 1. The van der Waals surface area contributed by atoms with Crippen LogP contribution in [0.25, 0.3) is 11.3 Å². The van der Waals surface area contributed by atoms with Gasteiger partial charge in [-0.2, -0.15) is 0 Å². The van der Waals surface area contributed by atoms with Gasteiger partial charge in [-0.3, -0.25) is 4.79 Å². The summed E-state index contributed by atoms with van der Waals surface area (Å²) in [6, 6.07) is 7.38. The molecule has 0 bridgehead atoms. The molecule has 2 fully saturated rings. The van der Waals surface area contributed by atoms with E-state index in [2.05, 4.69) is 15.6 Å². The number of hydrogen-bond acceptors (Lipinski definition) is 17. The van der Waals surface area contributed by atoms with Crippen LogP contribution in [-0.4, -0.2) is 174 Å². The smallest absolute Gasteiger partial charge is 0.335 e. The van der Waals surface area contributed by atoms with E-state index in [1.807, 2.05) is 24.4 Å². The molecule has 8 N–H and O–H groups in total. The van der Waals surface area contributed by atoms with Crippen molar-refractivity contribution in [3.05, 3.63) is 30.5 Å². The molecule has 2 aliphatic heterocycles. The molecular weight excluding hydrogens is 670 g/mol. The Morgan fingerprint density at radius 2 is 1.50 bits per heavy atom. The summed E-state index contributed by atoms with van der Waals surface area (Å²) >= 11 is 0. The lowest BCUT2D eigenvalue weighted by Gasteiger charge is -2.45. The molecule has 20 heteroatoms. The maximum Gasteiger partial charge on any atom is 0.335 e. The van der Waals surface area contributed by atoms with Crippen molar-refractivity contribution >= 4 is 17.6 Å². The Morgan fingerprint density at radius 1 is 0.860 bits per heavy atom. The number of nitrogen functional groups attached to an aromatic ring is 1. The fraction of sp³-hybridized carbons (Fsp3) is 0.667. The molecule has 1 aromatic carbocycles. The van der Waals surface area contributed by atoms with Gasteiger partial charge >= 0.3 is 5.97 Å². The fourth-order valence-corrected chi connectivity index (χ4v) is 5.25. The molecule has 2 aliphatic rings. The number of amides is 1. The number of ether oxygens (including phenoxy) is 8. The maximum absolute atomic E-state index is 13.0. The maximum atomic E-state index is 13.0. The van der Waals surface area contributed by atoms with Gasteiger partial charge in [0.15, 0.2) is 24.8 Å². The van der Waals surface area contributed by atoms with Crippen LogP contribution >= 0.6 is 0 Å². The van der Waals surface area contributed by atoms with Crippen LogP contribution in [0.4, 0.5) is 5.69 Å². The molecule has 50 heavy (non-hydrogen) atoms. The molecule has 2 aromatic rings. The van der Waals surface area contributed by atoms with Crippen molar-refractivity contribution < 1.29 is 73.0 Å². The van der Waals surface area contributed by atoms with Crippen molar-refractivity contribution in [1.82, 2.24) is 20.3 Å². The molecule has 2 saturated heterocycles. The number of carboxylic acid groups (broad SMARTS) is 1. The average molecular weight is 716 g/mol. The Labute approximate surface area is 286 Å². The van der Waals surface area contributed by atoms with Gasteiger partial charge in [-0.1, -0.05) is 17.3 Å². The van der Waals surface area contributed by atoms with E-state index in [-0.39, 0.29) is 26.4 Å². The van der Waals surface area contributed by atoms with Gasteiger partial charge < -0.3 is 74.5 Å². The molecule has 0 aliphatic carbocycles. The highest BCUT2D eigenvalue weighted by molar-refractivity contribution is 5.81. The molecular formula is C30H45N5O15. The quantitative estimate of drug-likeness (QED) is 0.0555. The fourth-order valence-electron chi connectivity index (χ4n) is 5.25. The first-order chi connectivity index (χ1) is 24.0. The number of aliphatic carboxylic acids is 1. The van der Waals surface area contributed by atoms with Gasteiger partial charge in [-0.25, -0.2) is 9.48 Å². The first-order valence-corrected chi connectivity index (χ1v) is 15.8. The number of nitrogens with two attached hydrogens (primary N) is 1. The normalized spacial score (nSPS) is 29.9. The van der Waals surface area contributed by atoms with E-state index in [0.717, 1.165) is 12.7 Å². The third-order valence-electron chi connectivity index (χ3n) is 7.86. The predicted molar refractivity (Wildman–Crippen MR) is 167 cm³/mol. The van der Waals surface area contributed by atoms with Crippen LogP contribution in [0.15, 0.2) is 30.5 Å². The molecule has 0 spiro atoms. The molecule has 4 rings (SSSR count). The molecule has 0 saturated carbocycles. The molecule has 10 atom stereocenters. The van der Waals surface area contributed by atoms with Crippen LogP contribution in [0, 0.1) is 0 Å². The Morgan fingerprint density at radius 3 is 2.16 bits per heavy atom. The van der Waals surface area contributed by atoms with Gasteiger partial charge in [0.05, 0.1) is 52.4 Å². The molecule has 280 valence electrons. The summed E-state index contributed by atoms with van der Waals surface area (Å²) in [5.41, 5.74) is 8.06. The number of hydrogen-bond donors (Lipinski definition) is 7. The Hall–Kier alpha value is -3.38. The van der Waals surface area contributed by atoms with Crippen molar-refractivity contribution in [3.8, 4) is 11.3 Å². The summed E-state index contributed by atoms with van der Waals surface area (Å²) < 4.78 is 44.5. The highest BCUT2D eigenvalue weighted by Gasteiger charge is 2.54. The number of aliphatic hydroxyl groups excluding tert-OH is 4. The van der Waals surface area contributed by atoms with E-state index in [1.54, 1.807) is 10.7 Å². The van der Waals surface area contributed by atoms with Crippen molar-refractivity contribution in [3.63, 3.8) is 0 Å². The SMILES string of the molecule is COC1OC(C(=O)O)C(OC2OC(C(=O)NCCOCCOCCOCCn3cc(-c4cccc(N)c4)nn3)C(OC)C(O)C2O)C(O)C1O. The van der Waals surface area contributed by atoms with E-state index in [9.17, 15) is 35.1 Å². The summed E-state index contributed by atoms with van der Waals surface area (Å²) in [5, 5.41) is 62.4. The van der Waals surface area contributed by atoms with E-state index < -0.39 is 73.3 Å². The van der Waals surface area contributed by atoms with E-state index in [1.165, 1.54) is 7.11 Å². The van der Waals surface area contributed by atoms with Crippen LogP contribution in [-0.2, 0) is 54.0 Å². The second kappa shape index (κ2) is 19.3. The number of methoxy groups -OCH3 is 2. The summed E-state index contributed by atoms with van der Waals surface area (Å²) in [5.74, 6) is -2.32. The average Bonchev–Trinajstić information content (AvgIpc) is 3.58. The monoisotopic (exact) mass is 715 g/mol. The van der Waals surface area contributed by atoms with Crippen LogP contribution in [0.3, 0.4) is 0 Å². The number of carboxylic acids is 1. The largest absolute Gasteiger partial charge is 0.479 e. The summed E-state index contributed by atoms with van der Waals surface area (Å²) in [6.07, 6.45) is -15.1. The lowest BCUT2D eigenvalue weighted by atomic mass is 9.96. The molecule has 10 unspecified atom stereocenters. The van der Waals surface area contributed by atoms with E-state index in [4.69, 9.17) is 43.6 Å². The minimum Gasteiger partial charge on any atom is -0.479 e. The van der Waals surface area contributed by atoms with Crippen LogP contribution in [0.1, 0.15) is 0 Å². The number of rotatable bonds is 19. The summed E-state index contributed by atoms with van der Waals surface area (Å²) in [7, 11) is 2.33.